The third-order valence-corrected chi connectivity index (χ3v) is 3.39. The van der Waals surface area contributed by atoms with Crippen molar-refractivity contribution in [2.75, 3.05) is 5.75 Å². The molecule has 72 valence electrons. The van der Waals surface area contributed by atoms with Gasteiger partial charge in [-0.1, -0.05) is 23.4 Å². The fraction of sp³-hybridized carbons (Fsp3) is 0.333. The first-order valence-electron chi connectivity index (χ1n) is 3.79. The van der Waals surface area contributed by atoms with Crippen LogP contribution in [0.5, 0.6) is 0 Å². The summed E-state index contributed by atoms with van der Waals surface area (Å²) >= 11 is 0. The van der Waals surface area contributed by atoms with Gasteiger partial charge in [0.15, 0.2) is 0 Å². The van der Waals surface area contributed by atoms with Gasteiger partial charge in [-0.2, -0.15) is 0 Å². The first kappa shape index (κ1) is 12.5. The van der Waals surface area contributed by atoms with Crippen LogP contribution in [0, 0.1) is 0 Å². The second kappa shape index (κ2) is 8.13. The van der Waals surface area contributed by atoms with Gasteiger partial charge in [-0.25, -0.2) is 0 Å². The monoisotopic (exact) mass is 215 g/mol. The highest BCUT2D eigenvalue weighted by Gasteiger charge is 1.96. The number of carbonyl (C=O) groups excluding carboxylic acids is 1. The highest BCUT2D eigenvalue weighted by atomic mass is 33.1. The van der Waals surface area contributed by atoms with Crippen molar-refractivity contribution in [3.05, 3.63) is 23.8 Å². The first-order valence-corrected chi connectivity index (χ1v) is 6.11. The van der Waals surface area contributed by atoms with Gasteiger partial charge in [0.05, 0.1) is 0 Å². The Hall–Kier alpha value is -0.480. The highest BCUT2D eigenvalue weighted by Crippen LogP contribution is 2.30. The zero-order valence-corrected chi connectivity index (χ0v) is 9.29. The molecule has 2 nitrogen and oxygen atoms in total. The van der Waals surface area contributed by atoms with E-state index < -0.39 is 0 Å². The number of hydrogen-bond donors (Lipinski definition) is 0. The van der Waals surface area contributed by atoms with Crippen molar-refractivity contribution in [3.63, 3.8) is 0 Å². The lowest BCUT2D eigenvalue weighted by molar-refractivity contribution is -0.116. The van der Waals surface area contributed by atoms with Crippen LogP contribution in [0.2, 0.25) is 0 Å². The Morgan fingerprint density at radius 3 is 2.77 bits per heavy atom. The van der Waals surface area contributed by atoms with Gasteiger partial charge in [0, 0.05) is 12.2 Å². The van der Waals surface area contributed by atoms with Crippen LogP contribution in [0.25, 0.3) is 0 Å². The van der Waals surface area contributed by atoms with Crippen molar-refractivity contribution in [1.29, 1.82) is 0 Å². The van der Waals surface area contributed by atoms with E-state index in [9.17, 15) is 4.79 Å². The van der Waals surface area contributed by atoms with Crippen molar-refractivity contribution in [1.82, 2.24) is 0 Å². The second-order valence-corrected chi connectivity index (χ2v) is 4.69. The number of ketones is 1. The minimum absolute atomic E-state index is 0.217. The average molecular weight is 215 g/mol. The molecule has 0 aromatic heterocycles. The van der Waals surface area contributed by atoms with E-state index in [0.29, 0.717) is 6.42 Å². The van der Waals surface area contributed by atoms with Gasteiger partial charge in [0.25, 0.3) is 0 Å². The standard InChI is InChI=1S/C9H13NOS2/c1-4-5-9(10-3)13-12-7-6-8(2)11/h4-5H,1,3,6-7H2,2H3/b9-5+. The summed E-state index contributed by atoms with van der Waals surface area (Å²) < 4.78 is 0. The van der Waals surface area contributed by atoms with Crippen LogP contribution >= 0.6 is 21.6 Å². The van der Waals surface area contributed by atoms with Gasteiger partial charge in [-0.05, 0) is 30.5 Å². The third kappa shape index (κ3) is 7.87. The van der Waals surface area contributed by atoms with E-state index in [2.05, 4.69) is 18.3 Å². The SMILES string of the molecule is C=C/C=C(\N=C)SSCCC(C)=O. The maximum absolute atomic E-state index is 10.6. The Balaban J connectivity index is 3.61. The number of rotatable bonds is 7. The fourth-order valence-corrected chi connectivity index (χ4v) is 2.46. The molecule has 0 aromatic rings. The molecule has 0 N–H and O–H groups in total. The van der Waals surface area contributed by atoms with E-state index in [1.54, 1.807) is 29.9 Å². The van der Waals surface area contributed by atoms with Crippen molar-refractivity contribution in [2.24, 2.45) is 4.99 Å². The number of aliphatic imine (C=N–C) groups is 1. The molecular weight excluding hydrogens is 202 g/mol. The van der Waals surface area contributed by atoms with Gasteiger partial charge in [-0.3, -0.25) is 9.79 Å². The Labute approximate surface area is 87.0 Å². The molecular formula is C9H13NOS2. The molecule has 0 amide bonds. The fourth-order valence-electron chi connectivity index (χ4n) is 0.495. The van der Waals surface area contributed by atoms with E-state index in [-0.39, 0.29) is 5.78 Å². The summed E-state index contributed by atoms with van der Waals surface area (Å²) in [6.07, 6.45) is 4.07. The van der Waals surface area contributed by atoms with E-state index in [1.807, 2.05) is 0 Å². The Morgan fingerprint density at radius 2 is 2.31 bits per heavy atom. The molecule has 0 aromatic carbocycles. The lowest BCUT2D eigenvalue weighted by Crippen LogP contribution is -1.89. The predicted molar refractivity (Wildman–Crippen MR) is 63.2 cm³/mol. The molecule has 4 heteroatoms. The van der Waals surface area contributed by atoms with Gasteiger partial charge in [-0.15, -0.1) is 0 Å². The molecule has 0 fully saturated rings. The highest BCUT2D eigenvalue weighted by molar-refractivity contribution is 8.78. The number of nitrogens with zero attached hydrogens (tertiary/aromatic N) is 1. The Bertz CT molecular complexity index is 224. The molecule has 0 saturated heterocycles. The second-order valence-electron chi connectivity index (χ2n) is 2.26. The van der Waals surface area contributed by atoms with Gasteiger partial charge >= 0.3 is 0 Å². The molecule has 0 rings (SSSR count). The maximum Gasteiger partial charge on any atom is 0.130 e. The topological polar surface area (TPSA) is 29.4 Å². The Morgan fingerprint density at radius 1 is 1.62 bits per heavy atom. The number of carbonyl (C=O) groups is 1. The first-order chi connectivity index (χ1) is 6.20. The maximum atomic E-state index is 10.6. The molecule has 0 aliphatic rings. The molecule has 13 heavy (non-hydrogen) atoms. The molecule has 0 unspecified atom stereocenters. The van der Waals surface area contributed by atoms with Crippen LogP contribution < -0.4 is 0 Å². The minimum Gasteiger partial charge on any atom is -0.300 e. The van der Waals surface area contributed by atoms with Crippen molar-refractivity contribution < 1.29 is 4.79 Å². The van der Waals surface area contributed by atoms with Crippen molar-refractivity contribution in [3.8, 4) is 0 Å². The summed E-state index contributed by atoms with van der Waals surface area (Å²) in [5.41, 5.74) is 0. The smallest absolute Gasteiger partial charge is 0.130 e. The molecule has 0 aliphatic heterocycles. The summed E-state index contributed by atoms with van der Waals surface area (Å²) in [5, 5.41) is 0.823. The van der Waals surface area contributed by atoms with Gasteiger partial charge in [0.1, 0.15) is 10.8 Å². The van der Waals surface area contributed by atoms with Crippen molar-refractivity contribution >= 4 is 34.1 Å². The number of allylic oxidation sites excluding steroid dienone is 2. The van der Waals surface area contributed by atoms with E-state index in [4.69, 9.17) is 0 Å². The van der Waals surface area contributed by atoms with Crippen LogP contribution in [0.1, 0.15) is 13.3 Å². The van der Waals surface area contributed by atoms with Crippen LogP contribution in [-0.4, -0.2) is 18.3 Å². The zero-order valence-electron chi connectivity index (χ0n) is 7.66. The molecule has 0 spiro atoms. The zero-order chi connectivity index (χ0) is 10.1. The third-order valence-electron chi connectivity index (χ3n) is 1.10. The minimum atomic E-state index is 0.217. The number of Topliss-reactive ketones (excluding diaryl/α,β-unsaturated/α-hetero) is 1. The quantitative estimate of drug-likeness (QED) is 0.283. The van der Waals surface area contributed by atoms with E-state index >= 15 is 0 Å². The van der Waals surface area contributed by atoms with Crippen LogP contribution in [0.15, 0.2) is 28.8 Å². The van der Waals surface area contributed by atoms with Gasteiger partial charge in [0.2, 0.25) is 0 Å². The molecule has 0 atom stereocenters. The average Bonchev–Trinajstić information content (AvgIpc) is 2.10. The summed E-state index contributed by atoms with van der Waals surface area (Å²) in [7, 11) is 3.11. The normalized spacial score (nSPS) is 11.0. The van der Waals surface area contributed by atoms with E-state index in [0.717, 1.165) is 10.8 Å². The largest absolute Gasteiger partial charge is 0.300 e. The lowest BCUT2D eigenvalue weighted by Gasteiger charge is -1.98. The van der Waals surface area contributed by atoms with Gasteiger partial charge < -0.3 is 0 Å². The van der Waals surface area contributed by atoms with Crippen LogP contribution in [-0.2, 0) is 4.79 Å². The molecule has 0 saturated carbocycles. The molecule has 0 radical (unpaired) electrons. The molecule has 0 bridgehead atoms. The van der Waals surface area contributed by atoms with Crippen LogP contribution in [0.4, 0.5) is 0 Å². The summed E-state index contributed by atoms with van der Waals surface area (Å²) in [6, 6.07) is 0. The van der Waals surface area contributed by atoms with Crippen molar-refractivity contribution in [2.45, 2.75) is 13.3 Å². The van der Waals surface area contributed by atoms with Crippen LogP contribution in [0.3, 0.4) is 0 Å². The summed E-state index contributed by atoms with van der Waals surface area (Å²) in [6.45, 7) is 8.59. The summed E-state index contributed by atoms with van der Waals surface area (Å²) in [5.74, 6) is 1.03. The van der Waals surface area contributed by atoms with E-state index in [1.165, 1.54) is 10.8 Å². The molecule has 0 heterocycles. The predicted octanol–water partition coefficient (Wildman–Crippen LogP) is 3.07. The Kier molecular flexibility index (Phi) is 7.83. The number of hydrogen-bond acceptors (Lipinski definition) is 4. The molecule has 0 aliphatic carbocycles. The lowest BCUT2D eigenvalue weighted by atomic mass is 10.4. The summed E-state index contributed by atoms with van der Waals surface area (Å²) in [4.78, 5) is 14.4.